The second kappa shape index (κ2) is 9.26. The Hall–Kier alpha value is -1.30. The van der Waals surface area contributed by atoms with Crippen LogP contribution in [0.4, 0.5) is 4.79 Å². The summed E-state index contributed by atoms with van der Waals surface area (Å²) in [4.78, 5) is 31.5. The second-order valence-electron chi connectivity index (χ2n) is 9.12. The number of amides is 2. The molecule has 0 aromatic carbocycles. The number of hydrogen-bond acceptors (Lipinski definition) is 4. The molecule has 0 saturated carbocycles. The first kappa shape index (κ1) is 22.0. The smallest absolute Gasteiger partial charge is 0.410 e. The molecule has 2 aliphatic heterocycles. The summed E-state index contributed by atoms with van der Waals surface area (Å²) in [6, 6.07) is 0.506. The fourth-order valence-corrected chi connectivity index (χ4v) is 4.25. The highest BCUT2D eigenvalue weighted by molar-refractivity contribution is 5.82. The van der Waals surface area contributed by atoms with Crippen molar-refractivity contribution >= 4 is 12.0 Å². The van der Waals surface area contributed by atoms with Crippen LogP contribution in [0.1, 0.15) is 73.1 Å². The minimum absolute atomic E-state index is 0.0788. The molecule has 0 bridgehead atoms. The van der Waals surface area contributed by atoms with Crippen LogP contribution in [0.25, 0.3) is 0 Å². The normalized spacial score (nSPS) is 23.8. The fraction of sp³-hybridized carbons (Fsp3) is 0.905. The number of carbonyl (C=O) groups excluding carboxylic acids is 2. The Bertz CT molecular complexity index is 509. The van der Waals surface area contributed by atoms with Crippen LogP contribution in [0.3, 0.4) is 0 Å². The predicted molar refractivity (Wildman–Crippen MR) is 108 cm³/mol. The Balaban J connectivity index is 1.87. The third-order valence-corrected chi connectivity index (χ3v) is 6.01. The Labute approximate surface area is 165 Å². The van der Waals surface area contributed by atoms with E-state index in [1.807, 2.05) is 34.7 Å². The maximum atomic E-state index is 13.0. The molecule has 6 heteroatoms. The molecule has 2 atom stereocenters. The number of carbonyl (C=O) groups is 2. The molecule has 2 rings (SSSR count). The maximum absolute atomic E-state index is 13.0. The van der Waals surface area contributed by atoms with Gasteiger partial charge in [-0.3, -0.25) is 9.69 Å². The summed E-state index contributed by atoms with van der Waals surface area (Å²) in [5, 5.41) is 0. The lowest BCUT2D eigenvalue weighted by Gasteiger charge is -2.42. The van der Waals surface area contributed by atoms with Crippen LogP contribution in [-0.2, 0) is 9.53 Å². The number of likely N-dealkylation sites (tertiary alicyclic amines) is 2. The molecule has 2 heterocycles. The Kier molecular flexibility index (Phi) is 7.55. The summed E-state index contributed by atoms with van der Waals surface area (Å²) in [6.45, 7) is 12.5. The number of hydrogen-bond donors (Lipinski definition) is 0. The summed E-state index contributed by atoms with van der Waals surface area (Å²) in [5.41, 5.74) is -0.475. The molecule has 2 saturated heterocycles. The zero-order valence-corrected chi connectivity index (χ0v) is 18.2. The summed E-state index contributed by atoms with van der Waals surface area (Å²) < 4.78 is 5.48. The van der Waals surface area contributed by atoms with Gasteiger partial charge in [0.1, 0.15) is 5.60 Å². The van der Waals surface area contributed by atoms with Crippen molar-refractivity contribution in [3.63, 3.8) is 0 Å². The van der Waals surface area contributed by atoms with Crippen molar-refractivity contribution in [2.75, 3.05) is 26.7 Å². The average molecular weight is 382 g/mol. The van der Waals surface area contributed by atoms with Crippen LogP contribution >= 0.6 is 0 Å². The highest BCUT2D eigenvalue weighted by Gasteiger charge is 2.35. The van der Waals surface area contributed by atoms with Crippen LogP contribution in [-0.4, -0.2) is 77.1 Å². The Morgan fingerprint density at radius 1 is 1.11 bits per heavy atom. The van der Waals surface area contributed by atoms with Gasteiger partial charge in [-0.25, -0.2) is 4.79 Å². The molecule has 156 valence electrons. The van der Waals surface area contributed by atoms with E-state index in [4.69, 9.17) is 4.74 Å². The highest BCUT2D eigenvalue weighted by Crippen LogP contribution is 2.24. The fourth-order valence-electron chi connectivity index (χ4n) is 4.25. The van der Waals surface area contributed by atoms with Gasteiger partial charge in [0.2, 0.25) is 5.91 Å². The quantitative estimate of drug-likeness (QED) is 0.748. The topological polar surface area (TPSA) is 53.1 Å². The highest BCUT2D eigenvalue weighted by atomic mass is 16.6. The minimum atomic E-state index is -0.475. The molecule has 0 aromatic rings. The van der Waals surface area contributed by atoms with E-state index in [-0.39, 0.29) is 24.1 Å². The van der Waals surface area contributed by atoms with Crippen LogP contribution in [0.5, 0.6) is 0 Å². The predicted octanol–water partition coefficient (Wildman–Crippen LogP) is 3.50. The van der Waals surface area contributed by atoms with E-state index >= 15 is 0 Å². The SMILES string of the molecule is CCC1CCCCN1C(=O)C(C)N1CCC(N(C)C(=O)OC(C)(C)C)CC1. The molecule has 2 fully saturated rings. The van der Waals surface area contributed by atoms with Gasteiger partial charge in [-0.1, -0.05) is 6.92 Å². The van der Waals surface area contributed by atoms with E-state index in [1.54, 1.807) is 4.90 Å². The zero-order chi connectivity index (χ0) is 20.2. The molecule has 27 heavy (non-hydrogen) atoms. The van der Waals surface area contributed by atoms with E-state index in [1.165, 1.54) is 6.42 Å². The first-order chi connectivity index (χ1) is 12.6. The lowest BCUT2D eigenvalue weighted by Crippen LogP contribution is -2.55. The monoisotopic (exact) mass is 381 g/mol. The molecule has 6 nitrogen and oxygen atoms in total. The van der Waals surface area contributed by atoms with Gasteiger partial charge in [0.05, 0.1) is 6.04 Å². The Morgan fingerprint density at radius 2 is 1.74 bits per heavy atom. The van der Waals surface area contributed by atoms with Crippen molar-refractivity contribution in [1.82, 2.24) is 14.7 Å². The van der Waals surface area contributed by atoms with Crippen molar-refractivity contribution in [3.05, 3.63) is 0 Å². The number of nitrogens with zero attached hydrogens (tertiary/aromatic N) is 3. The van der Waals surface area contributed by atoms with Gasteiger partial charge in [-0.05, 0) is 66.2 Å². The molecule has 0 N–H and O–H groups in total. The first-order valence-electron chi connectivity index (χ1n) is 10.6. The van der Waals surface area contributed by atoms with Crippen LogP contribution < -0.4 is 0 Å². The minimum Gasteiger partial charge on any atom is -0.444 e. The van der Waals surface area contributed by atoms with Gasteiger partial charge in [-0.2, -0.15) is 0 Å². The number of ether oxygens (including phenoxy) is 1. The molecule has 0 aliphatic carbocycles. The van der Waals surface area contributed by atoms with E-state index < -0.39 is 5.60 Å². The zero-order valence-electron chi connectivity index (χ0n) is 18.2. The van der Waals surface area contributed by atoms with Gasteiger partial charge in [0.15, 0.2) is 0 Å². The second-order valence-corrected chi connectivity index (χ2v) is 9.12. The summed E-state index contributed by atoms with van der Waals surface area (Å²) in [7, 11) is 1.82. The lowest BCUT2D eigenvalue weighted by molar-refractivity contribution is -0.141. The van der Waals surface area contributed by atoms with Crippen molar-refractivity contribution in [1.29, 1.82) is 0 Å². The van der Waals surface area contributed by atoms with Gasteiger partial charge >= 0.3 is 6.09 Å². The maximum Gasteiger partial charge on any atom is 0.410 e. The molecule has 0 radical (unpaired) electrons. The van der Waals surface area contributed by atoms with Gasteiger partial charge in [-0.15, -0.1) is 0 Å². The standard InChI is InChI=1S/C21H39N3O3/c1-7-17-10-8-9-13-24(17)19(25)16(2)23-14-11-18(12-15-23)22(6)20(26)27-21(3,4)5/h16-18H,7-15H2,1-6H3. The third kappa shape index (κ3) is 5.84. The van der Waals surface area contributed by atoms with Gasteiger partial charge in [0.25, 0.3) is 0 Å². The summed E-state index contributed by atoms with van der Waals surface area (Å²) in [5.74, 6) is 0.278. The van der Waals surface area contributed by atoms with E-state index in [9.17, 15) is 9.59 Å². The van der Waals surface area contributed by atoms with Crippen LogP contribution in [0, 0.1) is 0 Å². The van der Waals surface area contributed by atoms with E-state index in [0.29, 0.717) is 6.04 Å². The van der Waals surface area contributed by atoms with Crippen LogP contribution in [0.2, 0.25) is 0 Å². The van der Waals surface area contributed by atoms with Gasteiger partial charge < -0.3 is 14.5 Å². The van der Waals surface area contributed by atoms with Crippen molar-refractivity contribution in [2.24, 2.45) is 0 Å². The van der Waals surface area contributed by atoms with E-state index in [2.05, 4.69) is 16.7 Å². The van der Waals surface area contributed by atoms with Crippen molar-refractivity contribution in [3.8, 4) is 0 Å². The first-order valence-corrected chi connectivity index (χ1v) is 10.6. The largest absolute Gasteiger partial charge is 0.444 e. The van der Waals surface area contributed by atoms with Gasteiger partial charge in [0, 0.05) is 38.8 Å². The van der Waals surface area contributed by atoms with Crippen LogP contribution in [0.15, 0.2) is 0 Å². The summed E-state index contributed by atoms with van der Waals surface area (Å²) >= 11 is 0. The molecule has 2 amide bonds. The summed E-state index contributed by atoms with van der Waals surface area (Å²) in [6.07, 6.45) is 6.04. The van der Waals surface area contributed by atoms with Crippen molar-refractivity contribution < 1.29 is 14.3 Å². The van der Waals surface area contributed by atoms with Crippen molar-refractivity contribution in [2.45, 2.75) is 96.9 Å². The lowest BCUT2D eigenvalue weighted by atomic mass is 9.98. The number of rotatable bonds is 4. The molecule has 2 aliphatic rings. The molecule has 0 aromatic heterocycles. The average Bonchev–Trinajstić information content (AvgIpc) is 2.65. The molecule has 0 spiro atoms. The van der Waals surface area contributed by atoms with E-state index in [0.717, 1.165) is 51.7 Å². The number of piperidine rings is 2. The molecule has 2 unspecified atom stereocenters. The molecular weight excluding hydrogens is 342 g/mol. The third-order valence-electron chi connectivity index (χ3n) is 6.01. The Morgan fingerprint density at radius 3 is 2.30 bits per heavy atom. The molecular formula is C21H39N3O3.